The van der Waals surface area contributed by atoms with Gasteiger partial charge in [-0.1, -0.05) is 34.1 Å². The van der Waals surface area contributed by atoms with E-state index in [0.29, 0.717) is 12.6 Å². The summed E-state index contributed by atoms with van der Waals surface area (Å²) >= 11 is 3.36. The molecule has 0 bridgehead atoms. The number of likely N-dealkylation sites (tertiary alicyclic amines) is 1. The molecule has 0 N–H and O–H groups in total. The van der Waals surface area contributed by atoms with E-state index < -0.39 is 0 Å². The zero-order chi connectivity index (χ0) is 12.8. The van der Waals surface area contributed by atoms with Crippen LogP contribution in [-0.4, -0.2) is 36.0 Å². The minimum absolute atomic E-state index is 0.102. The molecule has 1 aliphatic heterocycles. The number of benzene rings is 1. The fourth-order valence-electron chi connectivity index (χ4n) is 2.31. The topological polar surface area (TPSA) is 12.5 Å². The van der Waals surface area contributed by atoms with Gasteiger partial charge in [0.25, 0.3) is 0 Å². The molecule has 1 heterocycles. The summed E-state index contributed by atoms with van der Waals surface area (Å²) in [5.41, 5.74) is 0.789. The Morgan fingerprint density at radius 1 is 1.28 bits per heavy atom. The van der Waals surface area contributed by atoms with Gasteiger partial charge in [0.05, 0.1) is 12.7 Å². The van der Waals surface area contributed by atoms with Crippen molar-refractivity contribution in [1.82, 2.24) is 4.90 Å². The number of nitrogens with zero attached hydrogens (tertiary/aromatic N) is 1. The van der Waals surface area contributed by atoms with Crippen molar-refractivity contribution < 1.29 is 9.13 Å². The van der Waals surface area contributed by atoms with Crippen LogP contribution >= 0.6 is 15.9 Å². The van der Waals surface area contributed by atoms with Gasteiger partial charge in [-0.25, -0.2) is 4.39 Å². The molecule has 1 saturated heterocycles. The van der Waals surface area contributed by atoms with E-state index in [2.05, 4.69) is 20.8 Å². The molecule has 0 unspecified atom stereocenters. The van der Waals surface area contributed by atoms with Crippen LogP contribution in [0.4, 0.5) is 4.39 Å². The second-order valence-electron chi connectivity index (χ2n) is 4.63. The zero-order valence-electron chi connectivity index (χ0n) is 10.4. The normalized spacial score (nSPS) is 18.1. The number of halogens is 2. The highest BCUT2D eigenvalue weighted by molar-refractivity contribution is 9.09. The minimum atomic E-state index is -0.102. The van der Waals surface area contributed by atoms with Crippen LogP contribution in [0.5, 0.6) is 0 Å². The third kappa shape index (κ3) is 4.04. The molecule has 1 aromatic carbocycles. The van der Waals surface area contributed by atoms with Crippen LogP contribution in [0, 0.1) is 5.82 Å². The van der Waals surface area contributed by atoms with Crippen molar-refractivity contribution in [3.05, 3.63) is 35.6 Å². The Kier molecular flexibility index (Phi) is 5.60. The Labute approximate surface area is 116 Å². The fraction of sp³-hybridized carbons (Fsp3) is 0.571. The molecule has 100 valence electrons. The predicted octanol–water partition coefficient (Wildman–Crippen LogP) is 3.20. The standard InChI is InChI=1S/C14H19BrFNO/c15-7-10-18-13-5-8-17(9-6-13)11-12-3-1-2-4-14(12)16/h1-4,13H,5-11H2. The summed E-state index contributed by atoms with van der Waals surface area (Å²) in [5, 5.41) is 0.891. The largest absolute Gasteiger partial charge is 0.377 e. The smallest absolute Gasteiger partial charge is 0.127 e. The first-order valence-electron chi connectivity index (χ1n) is 6.43. The van der Waals surface area contributed by atoms with Crippen molar-refractivity contribution >= 4 is 15.9 Å². The molecule has 1 aliphatic rings. The molecule has 2 rings (SSSR count). The highest BCUT2D eigenvalue weighted by atomic mass is 79.9. The van der Waals surface area contributed by atoms with Gasteiger partial charge >= 0.3 is 0 Å². The fourth-order valence-corrected chi connectivity index (χ4v) is 2.50. The molecule has 0 spiro atoms. The first kappa shape index (κ1) is 14.0. The van der Waals surface area contributed by atoms with E-state index in [1.807, 2.05) is 12.1 Å². The van der Waals surface area contributed by atoms with Gasteiger partial charge in [0.15, 0.2) is 0 Å². The quantitative estimate of drug-likeness (QED) is 0.774. The van der Waals surface area contributed by atoms with Crippen LogP contribution in [0.3, 0.4) is 0 Å². The maximum absolute atomic E-state index is 13.5. The van der Waals surface area contributed by atoms with Crippen molar-refractivity contribution in [1.29, 1.82) is 0 Å². The summed E-state index contributed by atoms with van der Waals surface area (Å²) in [6, 6.07) is 7.02. The Hall–Kier alpha value is -0.450. The van der Waals surface area contributed by atoms with E-state index in [0.717, 1.165) is 43.4 Å². The van der Waals surface area contributed by atoms with Crippen LogP contribution in [0.1, 0.15) is 18.4 Å². The monoisotopic (exact) mass is 315 g/mol. The zero-order valence-corrected chi connectivity index (χ0v) is 12.0. The molecule has 0 saturated carbocycles. The highest BCUT2D eigenvalue weighted by Gasteiger charge is 2.20. The summed E-state index contributed by atoms with van der Waals surface area (Å²) in [7, 11) is 0. The van der Waals surface area contributed by atoms with Gasteiger partial charge in [0.2, 0.25) is 0 Å². The van der Waals surface area contributed by atoms with E-state index in [1.54, 1.807) is 6.07 Å². The van der Waals surface area contributed by atoms with Gasteiger partial charge in [-0.3, -0.25) is 4.90 Å². The van der Waals surface area contributed by atoms with Crippen LogP contribution in [0.15, 0.2) is 24.3 Å². The lowest BCUT2D eigenvalue weighted by Crippen LogP contribution is -2.37. The van der Waals surface area contributed by atoms with E-state index in [4.69, 9.17) is 4.74 Å². The average Bonchev–Trinajstić information content (AvgIpc) is 2.41. The molecular formula is C14H19BrFNO. The van der Waals surface area contributed by atoms with Crippen LogP contribution in [-0.2, 0) is 11.3 Å². The van der Waals surface area contributed by atoms with E-state index in [1.165, 1.54) is 6.07 Å². The highest BCUT2D eigenvalue weighted by Crippen LogP contribution is 2.17. The lowest BCUT2D eigenvalue weighted by molar-refractivity contribution is 0.0139. The molecule has 0 atom stereocenters. The van der Waals surface area contributed by atoms with Crippen molar-refractivity contribution in [3.63, 3.8) is 0 Å². The van der Waals surface area contributed by atoms with Gasteiger partial charge in [0, 0.05) is 30.5 Å². The van der Waals surface area contributed by atoms with E-state index in [-0.39, 0.29) is 5.82 Å². The Morgan fingerprint density at radius 3 is 2.67 bits per heavy atom. The van der Waals surface area contributed by atoms with Gasteiger partial charge in [0.1, 0.15) is 5.82 Å². The van der Waals surface area contributed by atoms with Gasteiger partial charge < -0.3 is 4.74 Å². The van der Waals surface area contributed by atoms with Crippen molar-refractivity contribution in [2.24, 2.45) is 0 Å². The van der Waals surface area contributed by atoms with Crippen LogP contribution < -0.4 is 0 Å². The summed E-state index contributed by atoms with van der Waals surface area (Å²) < 4.78 is 19.2. The summed E-state index contributed by atoms with van der Waals surface area (Å²) in [5.74, 6) is -0.102. The summed E-state index contributed by atoms with van der Waals surface area (Å²) in [6.45, 7) is 3.46. The molecule has 4 heteroatoms. The SMILES string of the molecule is Fc1ccccc1CN1CCC(OCCBr)CC1. The Balaban J connectivity index is 1.78. The number of ether oxygens (including phenoxy) is 1. The molecule has 1 fully saturated rings. The second-order valence-corrected chi connectivity index (χ2v) is 5.42. The number of rotatable bonds is 5. The third-order valence-electron chi connectivity index (χ3n) is 3.32. The molecule has 0 aliphatic carbocycles. The van der Waals surface area contributed by atoms with Crippen molar-refractivity contribution in [2.45, 2.75) is 25.5 Å². The number of piperidine rings is 1. The molecule has 2 nitrogen and oxygen atoms in total. The number of hydrogen-bond donors (Lipinski definition) is 0. The minimum Gasteiger partial charge on any atom is -0.377 e. The van der Waals surface area contributed by atoms with E-state index in [9.17, 15) is 4.39 Å². The first-order valence-corrected chi connectivity index (χ1v) is 7.55. The molecular weight excluding hydrogens is 297 g/mol. The summed E-state index contributed by atoms with van der Waals surface area (Å²) in [4.78, 5) is 2.30. The van der Waals surface area contributed by atoms with Gasteiger partial charge in [-0.2, -0.15) is 0 Å². The maximum atomic E-state index is 13.5. The average molecular weight is 316 g/mol. The molecule has 0 radical (unpaired) electrons. The van der Waals surface area contributed by atoms with Crippen LogP contribution in [0.2, 0.25) is 0 Å². The first-order chi connectivity index (χ1) is 8.79. The van der Waals surface area contributed by atoms with Crippen molar-refractivity contribution in [2.75, 3.05) is 25.0 Å². The molecule has 0 amide bonds. The molecule has 18 heavy (non-hydrogen) atoms. The lowest BCUT2D eigenvalue weighted by atomic mass is 10.1. The maximum Gasteiger partial charge on any atom is 0.127 e. The number of hydrogen-bond acceptors (Lipinski definition) is 2. The third-order valence-corrected chi connectivity index (χ3v) is 3.64. The van der Waals surface area contributed by atoms with Crippen molar-refractivity contribution in [3.8, 4) is 0 Å². The Bertz CT molecular complexity index is 367. The Morgan fingerprint density at radius 2 is 2.00 bits per heavy atom. The van der Waals surface area contributed by atoms with E-state index >= 15 is 0 Å². The number of alkyl halides is 1. The molecule has 1 aromatic rings. The van der Waals surface area contributed by atoms with Gasteiger partial charge in [-0.15, -0.1) is 0 Å². The lowest BCUT2D eigenvalue weighted by Gasteiger charge is -2.31. The summed E-state index contributed by atoms with van der Waals surface area (Å²) in [6.07, 6.45) is 2.46. The predicted molar refractivity (Wildman–Crippen MR) is 74.4 cm³/mol. The molecule has 0 aromatic heterocycles. The second kappa shape index (κ2) is 7.22. The van der Waals surface area contributed by atoms with Gasteiger partial charge in [-0.05, 0) is 18.9 Å². The van der Waals surface area contributed by atoms with Crippen LogP contribution in [0.25, 0.3) is 0 Å².